The van der Waals surface area contributed by atoms with Crippen molar-refractivity contribution in [2.24, 2.45) is 0 Å². The number of hydrogen-bond donors (Lipinski definition) is 3. The molecule has 0 aliphatic heterocycles. The molecule has 3 aromatic carbocycles. The highest BCUT2D eigenvalue weighted by atomic mass is 35.5. The number of carbonyl (C=O) groups is 1. The second-order valence-corrected chi connectivity index (χ2v) is 10.3. The highest BCUT2D eigenvalue weighted by molar-refractivity contribution is 7.93. The Hall–Kier alpha value is -3.14. The van der Waals surface area contributed by atoms with Crippen LogP contribution in [0, 0.1) is 13.8 Å². The molecule has 7 nitrogen and oxygen atoms in total. The second-order valence-electron chi connectivity index (χ2n) is 7.16. The van der Waals surface area contributed by atoms with E-state index in [-0.39, 0.29) is 10.0 Å². The number of carbonyl (C=O) groups excluding carboxylic acids is 1. The van der Waals surface area contributed by atoms with Crippen LogP contribution >= 0.6 is 22.9 Å². The first kappa shape index (κ1) is 22.1. The molecule has 0 unspecified atom stereocenters. The molecule has 10 heteroatoms. The normalized spacial score (nSPS) is 11.3. The van der Waals surface area contributed by atoms with Crippen molar-refractivity contribution < 1.29 is 13.2 Å². The highest BCUT2D eigenvalue weighted by Crippen LogP contribution is 2.30. The van der Waals surface area contributed by atoms with Crippen molar-refractivity contribution in [2.75, 3.05) is 15.4 Å². The van der Waals surface area contributed by atoms with Crippen molar-refractivity contribution in [3.8, 4) is 0 Å². The number of nitrogens with zero attached hydrogens (tertiary/aromatic N) is 1. The lowest BCUT2D eigenvalue weighted by Crippen LogP contribution is -2.19. The third-order valence-corrected chi connectivity index (χ3v) is 7.47. The van der Waals surface area contributed by atoms with Crippen LogP contribution in [0.5, 0.6) is 0 Å². The molecule has 1 heterocycles. The summed E-state index contributed by atoms with van der Waals surface area (Å²) in [5.74, 6) is 0. The van der Waals surface area contributed by atoms with E-state index in [9.17, 15) is 13.2 Å². The molecule has 0 aliphatic carbocycles. The molecule has 1 aromatic heterocycles. The lowest BCUT2D eigenvalue weighted by Gasteiger charge is -2.08. The fourth-order valence-corrected chi connectivity index (χ4v) is 5.17. The second kappa shape index (κ2) is 8.78. The molecule has 2 amide bonds. The summed E-state index contributed by atoms with van der Waals surface area (Å²) in [6, 6.07) is 16.6. The van der Waals surface area contributed by atoms with Crippen molar-refractivity contribution in [1.29, 1.82) is 0 Å². The molecule has 0 saturated carbocycles. The van der Waals surface area contributed by atoms with Gasteiger partial charge in [0.1, 0.15) is 0 Å². The quantitative estimate of drug-likeness (QED) is 0.321. The molecule has 4 aromatic rings. The molecule has 0 bridgehead atoms. The van der Waals surface area contributed by atoms with E-state index in [4.69, 9.17) is 11.6 Å². The molecular weight excluding hydrogens is 468 g/mol. The average molecular weight is 487 g/mol. The van der Waals surface area contributed by atoms with Gasteiger partial charge in [0.05, 0.1) is 15.1 Å². The topological polar surface area (TPSA) is 100 Å². The van der Waals surface area contributed by atoms with Gasteiger partial charge in [0.25, 0.3) is 10.0 Å². The largest absolute Gasteiger partial charge is 0.323 e. The van der Waals surface area contributed by atoms with Gasteiger partial charge in [-0.3, -0.25) is 4.72 Å². The fourth-order valence-electron chi connectivity index (χ4n) is 2.90. The van der Waals surface area contributed by atoms with Crippen molar-refractivity contribution in [3.05, 3.63) is 76.8 Å². The summed E-state index contributed by atoms with van der Waals surface area (Å²) in [4.78, 5) is 16.8. The molecule has 4 rings (SSSR count). The van der Waals surface area contributed by atoms with Crippen LogP contribution in [-0.2, 0) is 10.0 Å². The van der Waals surface area contributed by atoms with E-state index in [0.717, 1.165) is 15.8 Å². The number of anilines is 3. The van der Waals surface area contributed by atoms with E-state index in [1.54, 1.807) is 54.6 Å². The first-order valence-corrected chi connectivity index (χ1v) is 12.2. The molecule has 3 N–H and O–H groups in total. The van der Waals surface area contributed by atoms with Crippen LogP contribution in [0.2, 0.25) is 5.02 Å². The van der Waals surface area contributed by atoms with Crippen molar-refractivity contribution in [1.82, 2.24) is 4.98 Å². The van der Waals surface area contributed by atoms with E-state index in [0.29, 0.717) is 21.9 Å². The minimum absolute atomic E-state index is 0.164. The van der Waals surface area contributed by atoms with Crippen LogP contribution in [0.3, 0.4) is 0 Å². The van der Waals surface area contributed by atoms with Crippen molar-refractivity contribution in [3.63, 3.8) is 0 Å². The first-order chi connectivity index (χ1) is 15.2. The Labute approximate surface area is 194 Å². The van der Waals surface area contributed by atoms with Crippen LogP contribution in [-0.4, -0.2) is 19.4 Å². The number of nitrogens with one attached hydrogen (secondary N) is 3. The smallest absolute Gasteiger partial charge is 0.308 e. The third-order valence-electron chi connectivity index (χ3n) is 4.63. The van der Waals surface area contributed by atoms with Gasteiger partial charge in [0.15, 0.2) is 5.13 Å². The zero-order valence-electron chi connectivity index (χ0n) is 17.1. The molecule has 0 aliphatic rings. The lowest BCUT2D eigenvalue weighted by molar-refractivity contribution is 0.262. The van der Waals surface area contributed by atoms with Crippen LogP contribution in [0.1, 0.15) is 11.1 Å². The maximum absolute atomic E-state index is 12.6. The van der Waals surface area contributed by atoms with Crippen LogP contribution in [0.4, 0.5) is 21.3 Å². The van der Waals surface area contributed by atoms with Crippen LogP contribution < -0.4 is 15.4 Å². The van der Waals surface area contributed by atoms with Gasteiger partial charge in [-0.15, -0.1) is 0 Å². The number of sulfonamides is 1. The summed E-state index contributed by atoms with van der Waals surface area (Å²) < 4.78 is 28.5. The summed E-state index contributed by atoms with van der Waals surface area (Å²) in [5.41, 5.74) is 3.54. The van der Waals surface area contributed by atoms with E-state index in [1.165, 1.54) is 11.3 Å². The van der Waals surface area contributed by atoms with E-state index in [1.807, 2.05) is 19.9 Å². The predicted molar refractivity (Wildman–Crippen MR) is 130 cm³/mol. The van der Waals surface area contributed by atoms with Crippen molar-refractivity contribution in [2.45, 2.75) is 18.7 Å². The maximum atomic E-state index is 12.6. The first-order valence-electron chi connectivity index (χ1n) is 9.54. The van der Waals surface area contributed by atoms with Crippen molar-refractivity contribution >= 4 is 65.7 Å². The summed E-state index contributed by atoms with van der Waals surface area (Å²) in [5, 5.41) is 6.27. The third kappa shape index (κ3) is 5.01. The minimum Gasteiger partial charge on any atom is -0.308 e. The number of rotatable bonds is 5. The van der Waals surface area contributed by atoms with E-state index in [2.05, 4.69) is 20.3 Å². The summed E-state index contributed by atoms with van der Waals surface area (Å²) in [6.45, 7) is 3.77. The molecule has 32 heavy (non-hydrogen) atoms. The van der Waals surface area contributed by atoms with Gasteiger partial charge in [-0.25, -0.2) is 18.2 Å². The molecule has 0 atom stereocenters. The Bertz CT molecular complexity index is 1420. The minimum atomic E-state index is -3.74. The molecule has 0 fully saturated rings. The van der Waals surface area contributed by atoms with Crippen LogP contribution in [0.15, 0.2) is 65.6 Å². The van der Waals surface area contributed by atoms with Gasteiger partial charge in [0, 0.05) is 16.4 Å². The molecule has 0 saturated heterocycles. The van der Waals surface area contributed by atoms with Crippen LogP contribution in [0.25, 0.3) is 10.2 Å². The van der Waals surface area contributed by atoms with E-state index >= 15 is 0 Å². The maximum Gasteiger partial charge on any atom is 0.323 e. The Morgan fingerprint density at radius 2 is 1.59 bits per heavy atom. The molecular formula is C22H19ClN4O3S2. The molecule has 164 valence electrons. The number of urea groups is 1. The number of amides is 2. The number of aryl methyl sites for hydroxylation is 2. The summed E-state index contributed by atoms with van der Waals surface area (Å²) in [6.07, 6.45) is 0. The zero-order valence-corrected chi connectivity index (χ0v) is 19.5. The van der Waals surface area contributed by atoms with Gasteiger partial charge in [-0.2, -0.15) is 0 Å². The number of fused-ring (bicyclic) bond motifs is 1. The molecule has 0 spiro atoms. The number of benzene rings is 3. The lowest BCUT2D eigenvalue weighted by atomic mass is 10.2. The Kier molecular flexibility index (Phi) is 6.05. The van der Waals surface area contributed by atoms with E-state index < -0.39 is 16.1 Å². The number of hydrogen-bond acceptors (Lipinski definition) is 5. The SMILES string of the molecule is Cc1ccc(S(=O)(=O)Nc2nc3cc(NC(=O)Nc4ccc(C)c(Cl)c4)ccc3s2)cc1. The fraction of sp³-hybridized carbons (Fsp3) is 0.0909. The predicted octanol–water partition coefficient (Wildman–Crippen LogP) is 6.01. The van der Waals surface area contributed by atoms with Gasteiger partial charge < -0.3 is 10.6 Å². The van der Waals surface area contributed by atoms with Gasteiger partial charge in [0.2, 0.25) is 0 Å². The Morgan fingerprint density at radius 1 is 0.938 bits per heavy atom. The number of thiazole rings is 1. The van der Waals surface area contributed by atoms with Gasteiger partial charge in [-0.1, -0.05) is 46.7 Å². The summed E-state index contributed by atoms with van der Waals surface area (Å²) in [7, 11) is -3.74. The average Bonchev–Trinajstić information content (AvgIpc) is 3.11. The monoisotopic (exact) mass is 486 g/mol. The Balaban J connectivity index is 1.48. The van der Waals surface area contributed by atoms with Gasteiger partial charge >= 0.3 is 6.03 Å². The number of aromatic nitrogens is 1. The standard InChI is InChI=1S/C22H19ClN4O3S2/c1-13-3-8-17(9-4-13)32(29,30)27-22-26-19-12-16(7-10-20(19)31-22)25-21(28)24-15-6-5-14(2)18(23)11-15/h3-12H,1-2H3,(H,26,27)(H2,24,25,28). The highest BCUT2D eigenvalue weighted by Gasteiger charge is 2.17. The molecule has 0 radical (unpaired) electrons. The Morgan fingerprint density at radius 3 is 2.28 bits per heavy atom. The van der Waals surface area contributed by atoms with Gasteiger partial charge in [-0.05, 0) is 61.9 Å². The number of halogens is 1. The summed E-state index contributed by atoms with van der Waals surface area (Å²) >= 11 is 7.30. The zero-order chi connectivity index (χ0) is 22.9.